The average molecular weight is 539 g/mol. The Morgan fingerprint density at radius 2 is 2.00 bits per heavy atom. The normalized spacial score (nSPS) is 15.2. The minimum Gasteiger partial charge on any atom is -0.346 e. The van der Waals surface area contributed by atoms with Crippen LogP contribution in [0.25, 0.3) is 5.65 Å². The Morgan fingerprint density at radius 1 is 1.19 bits per heavy atom. The Hall–Kier alpha value is -3.45. The lowest BCUT2D eigenvalue weighted by Gasteiger charge is -2.16. The van der Waals surface area contributed by atoms with Crippen molar-refractivity contribution in [2.45, 2.75) is 50.0 Å². The van der Waals surface area contributed by atoms with Crippen LogP contribution >= 0.6 is 11.3 Å². The molecule has 3 heterocycles. The molecule has 1 amide bonds. The van der Waals surface area contributed by atoms with Crippen LogP contribution < -0.4 is 15.8 Å². The second kappa shape index (κ2) is 9.78. The van der Waals surface area contributed by atoms with E-state index in [9.17, 15) is 18.0 Å². The minimum atomic E-state index is -3.78. The number of nitrogens with two attached hydrogens (primary N) is 1. The van der Waals surface area contributed by atoms with Gasteiger partial charge < -0.3 is 10.6 Å². The molecule has 0 bridgehead atoms. The molecule has 192 valence electrons. The SMILES string of the molecule is CC(=O)c1ccc2c(c1C)CC[C@@H]2NCc1cc(C(=O)NCc2ccc(S(N)(=O)=O)s2)nc2ccnn12. The molecule has 0 unspecified atom stereocenters. The number of sulfonamides is 1. The van der Waals surface area contributed by atoms with Crippen LogP contribution in [0.2, 0.25) is 0 Å². The summed E-state index contributed by atoms with van der Waals surface area (Å²) in [6.45, 7) is 4.21. The van der Waals surface area contributed by atoms with E-state index in [0.717, 1.165) is 41.0 Å². The maximum atomic E-state index is 12.9. The van der Waals surface area contributed by atoms with Crippen LogP contribution in [-0.4, -0.2) is 34.7 Å². The lowest BCUT2D eigenvalue weighted by Crippen LogP contribution is -2.25. The Balaban J connectivity index is 1.32. The number of aromatic nitrogens is 3. The van der Waals surface area contributed by atoms with Crippen molar-refractivity contribution >= 4 is 38.7 Å². The summed E-state index contributed by atoms with van der Waals surface area (Å²) >= 11 is 1.01. The summed E-state index contributed by atoms with van der Waals surface area (Å²) in [7, 11) is -3.78. The van der Waals surface area contributed by atoms with E-state index in [0.29, 0.717) is 17.1 Å². The van der Waals surface area contributed by atoms with Gasteiger partial charge in [0.2, 0.25) is 10.0 Å². The predicted molar refractivity (Wildman–Crippen MR) is 139 cm³/mol. The summed E-state index contributed by atoms with van der Waals surface area (Å²) < 4.78 is 24.7. The Labute approximate surface area is 218 Å². The third-order valence-electron chi connectivity index (χ3n) is 6.61. The fourth-order valence-electron chi connectivity index (χ4n) is 4.78. The van der Waals surface area contributed by atoms with Crippen molar-refractivity contribution in [2.75, 3.05) is 0 Å². The van der Waals surface area contributed by atoms with Crippen molar-refractivity contribution in [3.05, 3.63) is 81.1 Å². The first-order chi connectivity index (χ1) is 17.6. The number of nitrogens with one attached hydrogen (secondary N) is 2. The number of hydrogen-bond acceptors (Lipinski definition) is 8. The summed E-state index contributed by atoms with van der Waals surface area (Å²) in [5.41, 5.74) is 5.80. The van der Waals surface area contributed by atoms with Gasteiger partial charge in [-0.2, -0.15) is 5.10 Å². The molecule has 0 radical (unpaired) electrons. The second-order valence-corrected chi connectivity index (χ2v) is 12.0. The van der Waals surface area contributed by atoms with E-state index in [2.05, 4.69) is 20.7 Å². The molecular formula is C25H26N6O4S2. The van der Waals surface area contributed by atoms with Crippen LogP contribution in [0, 0.1) is 6.92 Å². The number of carbonyl (C=O) groups excluding carboxylic acids is 2. The molecule has 0 fully saturated rings. The van der Waals surface area contributed by atoms with Gasteiger partial charge in [0.25, 0.3) is 5.91 Å². The third kappa shape index (κ3) is 5.05. The molecule has 4 N–H and O–H groups in total. The first kappa shape index (κ1) is 25.2. The van der Waals surface area contributed by atoms with Gasteiger partial charge in [-0.3, -0.25) is 9.59 Å². The van der Waals surface area contributed by atoms with E-state index in [4.69, 9.17) is 5.14 Å². The van der Waals surface area contributed by atoms with Crippen molar-refractivity contribution < 1.29 is 18.0 Å². The zero-order valence-electron chi connectivity index (χ0n) is 20.3. The smallest absolute Gasteiger partial charge is 0.270 e. The molecule has 4 aromatic rings. The lowest BCUT2D eigenvalue weighted by atomic mass is 9.96. The monoisotopic (exact) mass is 538 g/mol. The zero-order valence-corrected chi connectivity index (χ0v) is 21.9. The standard InChI is InChI=1S/C25H26N6O4S2/c1-14-18(15(2)32)4-5-20-19(14)6-7-21(20)27-12-16-11-22(30-23-9-10-29-31(16)23)25(33)28-13-17-3-8-24(36-17)37(26,34)35/h3-5,8-11,21,27H,6-7,12-13H2,1-2H3,(H,28,33)(H2,26,34,35)/t21-/m0/s1. The Bertz CT molecular complexity index is 1640. The number of Topliss-reactive ketones (excluding diaryl/α,β-unsaturated/α-hetero) is 1. The molecule has 1 atom stereocenters. The second-order valence-electron chi connectivity index (χ2n) is 9.02. The minimum absolute atomic E-state index is 0.0464. The molecule has 0 spiro atoms. The van der Waals surface area contributed by atoms with Gasteiger partial charge in [0, 0.05) is 29.1 Å². The van der Waals surface area contributed by atoms with Crippen LogP contribution in [0.3, 0.4) is 0 Å². The van der Waals surface area contributed by atoms with Crippen molar-refractivity contribution in [3.63, 3.8) is 0 Å². The summed E-state index contributed by atoms with van der Waals surface area (Å²) in [6.07, 6.45) is 3.45. The number of nitrogens with zero attached hydrogens (tertiary/aromatic N) is 3. The molecule has 10 nitrogen and oxygen atoms in total. The fourth-order valence-corrected chi connectivity index (χ4v) is 6.50. The summed E-state index contributed by atoms with van der Waals surface area (Å²) in [5, 5.41) is 15.9. The van der Waals surface area contributed by atoms with Crippen molar-refractivity contribution in [2.24, 2.45) is 5.14 Å². The van der Waals surface area contributed by atoms with Crippen LogP contribution in [0.1, 0.15) is 67.5 Å². The highest BCUT2D eigenvalue weighted by Crippen LogP contribution is 2.35. The van der Waals surface area contributed by atoms with Gasteiger partial charge in [0.15, 0.2) is 11.4 Å². The molecule has 1 aliphatic carbocycles. The van der Waals surface area contributed by atoms with E-state index < -0.39 is 10.0 Å². The van der Waals surface area contributed by atoms with E-state index in [1.54, 1.807) is 35.8 Å². The molecule has 5 rings (SSSR count). The fraction of sp³-hybridized carbons (Fsp3) is 0.280. The number of amides is 1. The molecule has 1 aliphatic rings. The number of primary sulfonamides is 1. The van der Waals surface area contributed by atoms with E-state index in [1.807, 2.05) is 19.1 Å². The van der Waals surface area contributed by atoms with Gasteiger partial charge in [-0.25, -0.2) is 23.1 Å². The van der Waals surface area contributed by atoms with Crippen LogP contribution in [0.15, 0.2) is 46.8 Å². The summed E-state index contributed by atoms with van der Waals surface area (Å²) in [5.74, 6) is -0.307. The Morgan fingerprint density at radius 3 is 2.73 bits per heavy atom. The molecule has 0 saturated heterocycles. The topological polar surface area (TPSA) is 149 Å². The van der Waals surface area contributed by atoms with Crippen molar-refractivity contribution in [1.29, 1.82) is 0 Å². The third-order valence-corrected chi connectivity index (χ3v) is 9.13. The van der Waals surface area contributed by atoms with Gasteiger partial charge in [0.05, 0.1) is 18.4 Å². The number of rotatable bonds is 8. The lowest BCUT2D eigenvalue weighted by molar-refractivity contribution is 0.0945. The molecular weight excluding hydrogens is 512 g/mol. The van der Waals surface area contributed by atoms with Crippen molar-refractivity contribution in [3.8, 4) is 0 Å². The number of thiophene rings is 1. The molecule has 3 aromatic heterocycles. The van der Waals surface area contributed by atoms with Gasteiger partial charge >= 0.3 is 0 Å². The average Bonchev–Trinajstić information content (AvgIpc) is 3.60. The van der Waals surface area contributed by atoms with E-state index >= 15 is 0 Å². The highest BCUT2D eigenvalue weighted by atomic mass is 32.2. The highest BCUT2D eigenvalue weighted by molar-refractivity contribution is 7.91. The van der Waals surface area contributed by atoms with Gasteiger partial charge in [-0.05, 0) is 61.6 Å². The van der Waals surface area contributed by atoms with Crippen LogP contribution in [0.4, 0.5) is 0 Å². The first-order valence-electron chi connectivity index (χ1n) is 11.7. The molecule has 12 heteroatoms. The number of ketones is 1. The van der Waals surface area contributed by atoms with Crippen LogP contribution in [0.5, 0.6) is 0 Å². The molecule has 0 aliphatic heterocycles. The number of carbonyl (C=O) groups is 2. The maximum absolute atomic E-state index is 12.9. The molecule has 0 saturated carbocycles. The number of fused-ring (bicyclic) bond motifs is 2. The van der Waals surface area contributed by atoms with Gasteiger partial charge in [-0.15, -0.1) is 11.3 Å². The van der Waals surface area contributed by atoms with Crippen LogP contribution in [-0.2, 0) is 29.5 Å². The largest absolute Gasteiger partial charge is 0.346 e. The maximum Gasteiger partial charge on any atom is 0.270 e. The van der Waals surface area contributed by atoms with E-state index in [-0.39, 0.29) is 34.2 Å². The summed E-state index contributed by atoms with van der Waals surface area (Å²) in [4.78, 5) is 29.9. The van der Waals surface area contributed by atoms with E-state index in [1.165, 1.54) is 17.2 Å². The summed E-state index contributed by atoms with van der Waals surface area (Å²) in [6, 6.07) is 10.5. The Kier molecular flexibility index (Phi) is 6.67. The molecule has 1 aromatic carbocycles. The number of hydrogen-bond donors (Lipinski definition) is 3. The van der Waals surface area contributed by atoms with Gasteiger partial charge in [0.1, 0.15) is 9.90 Å². The van der Waals surface area contributed by atoms with Crippen molar-refractivity contribution in [1.82, 2.24) is 25.2 Å². The quantitative estimate of drug-likeness (QED) is 0.292. The molecule has 37 heavy (non-hydrogen) atoms. The number of benzene rings is 1. The zero-order chi connectivity index (χ0) is 26.3. The highest BCUT2D eigenvalue weighted by Gasteiger charge is 2.26. The first-order valence-corrected chi connectivity index (χ1v) is 14.1. The predicted octanol–water partition coefficient (Wildman–Crippen LogP) is 2.66. The van der Waals surface area contributed by atoms with Gasteiger partial charge in [-0.1, -0.05) is 12.1 Å².